The molecule has 2 atom stereocenters. The van der Waals surface area contributed by atoms with Crippen molar-refractivity contribution < 1.29 is 42.1 Å². The number of allylic oxidation sites excluding steroid dienone is 2. The fourth-order valence-corrected chi connectivity index (χ4v) is 7.87. The summed E-state index contributed by atoms with van der Waals surface area (Å²) in [5.74, 6) is -0.795. The molecule has 9 nitrogen and oxygen atoms in total. The third-order valence-corrected chi connectivity index (χ3v) is 12.0. The number of carbonyl (C=O) groups excluding carboxylic acids is 2. The van der Waals surface area contributed by atoms with Crippen molar-refractivity contribution in [2.45, 2.75) is 245 Å². The molecular weight excluding hydrogens is 762 g/mol. The summed E-state index contributed by atoms with van der Waals surface area (Å²) in [6.45, 7) is 4.45. The topological polar surface area (TPSA) is 108 Å². The highest BCUT2D eigenvalue weighted by molar-refractivity contribution is 7.47. The number of hydrogen-bond acceptors (Lipinski definition) is 7. The van der Waals surface area contributed by atoms with Crippen LogP contribution in [0.2, 0.25) is 0 Å². The predicted molar refractivity (Wildman–Crippen MR) is 248 cm³/mol. The van der Waals surface area contributed by atoms with E-state index in [9.17, 15) is 19.0 Å². The van der Waals surface area contributed by atoms with Gasteiger partial charge in [0.25, 0.3) is 0 Å². The molecule has 0 aromatic heterocycles. The van der Waals surface area contributed by atoms with Crippen LogP contribution in [0.3, 0.4) is 0 Å². The molecule has 1 N–H and O–H groups in total. The molecule has 0 rings (SSSR count). The standard InChI is InChI=1S/C49H96NO8P/c1-6-8-10-12-14-16-18-20-22-23-24-25-26-27-28-30-31-33-35-37-39-41-48(51)55-45-47(46-57-59(53,54)56-44-43-50(3,4)5)58-49(52)42-40-38-36-34-32-29-21-19-17-15-13-11-9-7-2/h19,21,47H,6-18,20,22-46H2,1-5H3/p+1/b21-19-. The van der Waals surface area contributed by atoms with Crippen LogP contribution in [0.15, 0.2) is 12.2 Å². The van der Waals surface area contributed by atoms with Gasteiger partial charge in [0, 0.05) is 12.8 Å². The number of quaternary nitrogens is 1. The second-order valence-electron chi connectivity index (χ2n) is 18.2. The summed E-state index contributed by atoms with van der Waals surface area (Å²) in [6, 6.07) is 0. The SMILES string of the molecule is CCCCCCC/C=C\CCCCCCCC(=O)OC(COC(=O)CCCCCCCCCCCCCCCCCCCCCCC)COP(=O)(O)OCC[N+](C)(C)C. The van der Waals surface area contributed by atoms with E-state index in [0.717, 1.165) is 51.4 Å². The summed E-state index contributed by atoms with van der Waals surface area (Å²) in [6.07, 6.45) is 45.5. The number of phosphoric acid groups is 1. The Morgan fingerprint density at radius 1 is 0.508 bits per heavy atom. The average Bonchev–Trinajstić information content (AvgIpc) is 3.19. The Morgan fingerprint density at radius 3 is 1.25 bits per heavy atom. The molecule has 0 saturated heterocycles. The normalized spacial score (nSPS) is 13.5. The van der Waals surface area contributed by atoms with Crippen molar-refractivity contribution in [2.75, 3.05) is 47.5 Å². The van der Waals surface area contributed by atoms with Gasteiger partial charge < -0.3 is 18.9 Å². The summed E-state index contributed by atoms with van der Waals surface area (Å²) in [5, 5.41) is 0. The van der Waals surface area contributed by atoms with Crippen molar-refractivity contribution in [1.29, 1.82) is 0 Å². The number of unbranched alkanes of at least 4 members (excludes halogenated alkanes) is 30. The number of carbonyl (C=O) groups is 2. The van der Waals surface area contributed by atoms with E-state index in [1.54, 1.807) is 0 Å². The molecule has 0 aromatic carbocycles. The minimum atomic E-state index is -4.37. The van der Waals surface area contributed by atoms with Gasteiger partial charge >= 0.3 is 19.8 Å². The maximum absolute atomic E-state index is 12.7. The molecule has 0 fully saturated rings. The van der Waals surface area contributed by atoms with Gasteiger partial charge in [-0.3, -0.25) is 18.6 Å². The monoisotopic (exact) mass is 859 g/mol. The van der Waals surface area contributed by atoms with Gasteiger partial charge in [0.1, 0.15) is 19.8 Å². The van der Waals surface area contributed by atoms with Crippen LogP contribution in [0.1, 0.15) is 239 Å². The molecule has 0 heterocycles. The minimum absolute atomic E-state index is 0.0334. The number of rotatable bonds is 46. The second kappa shape index (κ2) is 42.1. The zero-order valence-electron chi connectivity index (χ0n) is 39.5. The summed E-state index contributed by atoms with van der Waals surface area (Å²) in [7, 11) is 1.48. The number of esters is 2. The molecular formula is C49H97NO8P+. The number of likely N-dealkylation sites (N-methyl/N-ethyl adjacent to an activating group) is 1. The van der Waals surface area contributed by atoms with Crippen LogP contribution in [0.25, 0.3) is 0 Å². The van der Waals surface area contributed by atoms with E-state index in [2.05, 4.69) is 26.0 Å². The molecule has 0 spiro atoms. The van der Waals surface area contributed by atoms with Gasteiger partial charge in [-0.15, -0.1) is 0 Å². The highest BCUT2D eigenvalue weighted by Crippen LogP contribution is 2.43. The smallest absolute Gasteiger partial charge is 0.462 e. The predicted octanol–water partition coefficient (Wildman–Crippen LogP) is 14.5. The lowest BCUT2D eigenvalue weighted by molar-refractivity contribution is -0.870. The van der Waals surface area contributed by atoms with Gasteiger partial charge in [-0.05, 0) is 38.5 Å². The van der Waals surface area contributed by atoms with Crippen LogP contribution >= 0.6 is 7.82 Å². The quantitative estimate of drug-likeness (QED) is 0.0212. The van der Waals surface area contributed by atoms with Crippen molar-refractivity contribution >= 4 is 19.8 Å². The first-order valence-electron chi connectivity index (χ1n) is 24.9. The molecule has 0 aromatic rings. The van der Waals surface area contributed by atoms with Crippen LogP contribution in [-0.2, 0) is 32.7 Å². The third kappa shape index (κ3) is 46.1. The number of phosphoric ester groups is 1. The van der Waals surface area contributed by atoms with Crippen molar-refractivity contribution in [2.24, 2.45) is 0 Å². The molecule has 0 bridgehead atoms. The molecule has 59 heavy (non-hydrogen) atoms. The first-order chi connectivity index (χ1) is 28.5. The van der Waals surface area contributed by atoms with Crippen molar-refractivity contribution in [1.82, 2.24) is 0 Å². The zero-order chi connectivity index (χ0) is 43.6. The van der Waals surface area contributed by atoms with E-state index >= 15 is 0 Å². The Morgan fingerprint density at radius 2 is 0.864 bits per heavy atom. The Balaban J connectivity index is 4.20. The minimum Gasteiger partial charge on any atom is -0.462 e. The van der Waals surface area contributed by atoms with Gasteiger partial charge in [-0.1, -0.05) is 199 Å². The summed E-state index contributed by atoms with van der Waals surface area (Å²) < 4.78 is 34.4. The van der Waals surface area contributed by atoms with Crippen molar-refractivity contribution in [3.05, 3.63) is 12.2 Å². The maximum atomic E-state index is 12.7. The third-order valence-electron chi connectivity index (χ3n) is 11.0. The van der Waals surface area contributed by atoms with Crippen molar-refractivity contribution in [3.8, 4) is 0 Å². The van der Waals surface area contributed by atoms with Crippen LogP contribution in [0.5, 0.6) is 0 Å². The van der Waals surface area contributed by atoms with E-state index < -0.39 is 26.5 Å². The van der Waals surface area contributed by atoms with E-state index in [4.69, 9.17) is 18.5 Å². The Kier molecular flexibility index (Phi) is 41.2. The van der Waals surface area contributed by atoms with Crippen LogP contribution in [0.4, 0.5) is 0 Å². The van der Waals surface area contributed by atoms with Gasteiger partial charge in [-0.25, -0.2) is 4.57 Å². The average molecular weight is 859 g/mol. The van der Waals surface area contributed by atoms with Crippen LogP contribution < -0.4 is 0 Å². The Labute approximate surface area is 365 Å². The molecule has 0 radical (unpaired) electrons. The molecule has 2 unspecified atom stereocenters. The second-order valence-corrected chi connectivity index (χ2v) is 19.7. The number of hydrogen-bond donors (Lipinski definition) is 1. The fraction of sp³-hybridized carbons (Fsp3) is 0.918. The van der Waals surface area contributed by atoms with Gasteiger partial charge in [0.05, 0.1) is 27.7 Å². The maximum Gasteiger partial charge on any atom is 0.472 e. The highest BCUT2D eigenvalue weighted by atomic mass is 31.2. The lowest BCUT2D eigenvalue weighted by atomic mass is 10.0. The summed E-state index contributed by atoms with van der Waals surface area (Å²) in [4.78, 5) is 35.5. The van der Waals surface area contributed by atoms with E-state index in [1.807, 2.05) is 21.1 Å². The highest BCUT2D eigenvalue weighted by Gasteiger charge is 2.27. The summed E-state index contributed by atoms with van der Waals surface area (Å²) in [5.41, 5.74) is 0. The fourth-order valence-electron chi connectivity index (χ4n) is 7.13. The number of nitrogens with zero attached hydrogens (tertiary/aromatic N) is 1. The summed E-state index contributed by atoms with van der Waals surface area (Å²) >= 11 is 0. The first kappa shape index (κ1) is 57.8. The zero-order valence-corrected chi connectivity index (χ0v) is 40.4. The largest absolute Gasteiger partial charge is 0.472 e. The first-order valence-corrected chi connectivity index (χ1v) is 26.4. The van der Waals surface area contributed by atoms with Crippen molar-refractivity contribution in [3.63, 3.8) is 0 Å². The Bertz CT molecular complexity index is 1020. The van der Waals surface area contributed by atoms with Gasteiger partial charge in [-0.2, -0.15) is 0 Å². The van der Waals surface area contributed by atoms with E-state index in [0.29, 0.717) is 23.9 Å². The van der Waals surface area contributed by atoms with Crippen LogP contribution in [-0.4, -0.2) is 74.9 Å². The molecule has 10 heteroatoms. The van der Waals surface area contributed by atoms with Gasteiger partial charge in [0.15, 0.2) is 6.10 Å². The molecule has 350 valence electrons. The lowest BCUT2D eigenvalue weighted by Crippen LogP contribution is -2.37. The molecule has 0 aliphatic carbocycles. The Hall–Kier alpha value is -1.25. The van der Waals surface area contributed by atoms with Gasteiger partial charge in [0.2, 0.25) is 0 Å². The van der Waals surface area contributed by atoms with E-state index in [-0.39, 0.29) is 25.6 Å². The lowest BCUT2D eigenvalue weighted by Gasteiger charge is -2.24. The molecule has 0 saturated carbocycles. The molecule has 0 amide bonds. The van der Waals surface area contributed by atoms with Crippen LogP contribution in [0, 0.1) is 0 Å². The number of ether oxygens (including phenoxy) is 2. The van der Waals surface area contributed by atoms with E-state index in [1.165, 1.54) is 154 Å². The molecule has 0 aliphatic rings. The molecule has 0 aliphatic heterocycles.